The van der Waals surface area contributed by atoms with Gasteiger partial charge in [0, 0.05) is 12.5 Å². The Morgan fingerprint density at radius 2 is 1.90 bits per heavy atom. The third-order valence-corrected chi connectivity index (χ3v) is 3.86. The van der Waals surface area contributed by atoms with Crippen LogP contribution in [0.2, 0.25) is 0 Å². The molecule has 1 saturated heterocycles. The van der Waals surface area contributed by atoms with Crippen LogP contribution in [-0.4, -0.2) is 49.3 Å². The van der Waals surface area contributed by atoms with E-state index in [1.54, 1.807) is 7.11 Å². The molecule has 0 spiro atoms. The van der Waals surface area contributed by atoms with Crippen molar-refractivity contribution >= 4 is 5.84 Å². The van der Waals surface area contributed by atoms with Crippen molar-refractivity contribution in [3.8, 4) is 11.5 Å². The lowest BCUT2D eigenvalue weighted by Crippen LogP contribution is -2.40. The SMILES string of the molecule is COc1ccc(OCCN2CCC(C(N)=NO)CC2)cc1. The fraction of sp³-hybridized carbons (Fsp3) is 0.533. The number of likely N-dealkylation sites (tertiary alicyclic amines) is 1. The molecule has 1 aromatic carbocycles. The molecule has 6 heteroatoms. The summed E-state index contributed by atoms with van der Waals surface area (Å²) in [5.41, 5.74) is 5.64. The van der Waals surface area contributed by atoms with E-state index >= 15 is 0 Å². The summed E-state index contributed by atoms with van der Waals surface area (Å²) in [4.78, 5) is 2.34. The van der Waals surface area contributed by atoms with Crippen LogP contribution >= 0.6 is 0 Å². The first-order chi connectivity index (χ1) is 10.2. The lowest BCUT2D eigenvalue weighted by molar-refractivity contribution is 0.169. The number of hydrogen-bond acceptors (Lipinski definition) is 5. The number of oxime groups is 1. The van der Waals surface area contributed by atoms with Gasteiger partial charge in [0.15, 0.2) is 0 Å². The van der Waals surface area contributed by atoms with Gasteiger partial charge in [-0.2, -0.15) is 0 Å². The van der Waals surface area contributed by atoms with Gasteiger partial charge in [0.1, 0.15) is 23.9 Å². The molecule has 1 aromatic rings. The molecule has 2 rings (SSSR count). The Kier molecular flexibility index (Phi) is 5.68. The molecule has 21 heavy (non-hydrogen) atoms. The van der Waals surface area contributed by atoms with Gasteiger partial charge in [-0.1, -0.05) is 5.16 Å². The summed E-state index contributed by atoms with van der Waals surface area (Å²) in [6.07, 6.45) is 1.86. The number of methoxy groups -OCH3 is 1. The first-order valence-electron chi connectivity index (χ1n) is 7.19. The van der Waals surface area contributed by atoms with Crippen LogP contribution in [0.1, 0.15) is 12.8 Å². The van der Waals surface area contributed by atoms with Crippen molar-refractivity contribution in [1.82, 2.24) is 4.90 Å². The summed E-state index contributed by atoms with van der Waals surface area (Å²) < 4.78 is 10.8. The van der Waals surface area contributed by atoms with E-state index in [1.807, 2.05) is 24.3 Å². The summed E-state index contributed by atoms with van der Waals surface area (Å²) >= 11 is 0. The average Bonchev–Trinajstić information content (AvgIpc) is 2.55. The van der Waals surface area contributed by atoms with Gasteiger partial charge >= 0.3 is 0 Å². The zero-order valence-corrected chi connectivity index (χ0v) is 12.4. The van der Waals surface area contributed by atoms with E-state index in [4.69, 9.17) is 20.4 Å². The normalized spacial score (nSPS) is 17.7. The molecule has 0 unspecified atom stereocenters. The Morgan fingerprint density at radius 1 is 1.29 bits per heavy atom. The maximum atomic E-state index is 8.68. The van der Waals surface area contributed by atoms with E-state index in [0.717, 1.165) is 44.0 Å². The molecule has 0 atom stereocenters. The number of hydrogen-bond donors (Lipinski definition) is 2. The minimum Gasteiger partial charge on any atom is -0.497 e. The molecule has 1 fully saturated rings. The molecule has 1 aliphatic rings. The van der Waals surface area contributed by atoms with Crippen molar-refractivity contribution in [3.63, 3.8) is 0 Å². The number of rotatable bonds is 6. The lowest BCUT2D eigenvalue weighted by atomic mass is 9.96. The van der Waals surface area contributed by atoms with E-state index in [-0.39, 0.29) is 5.92 Å². The minimum absolute atomic E-state index is 0.203. The number of nitrogens with zero attached hydrogens (tertiary/aromatic N) is 2. The molecule has 6 nitrogen and oxygen atoms in total. The highest BCUT2D eigenvalue weighted by molar-refractivity contribution is 5.82. The van der Waals surface area contributed by atoms with Gasteiger partial charge in [-0.25, -0.2) is 0 Å². The minimum atomic E-state index is 0.203. The van der Waals surface area contributed by atoms with E-state index in [9.17, 15) is 0 Å². The highest BCUT2D eigenvalue weighted by Crippen LogP contribution is 2.18. The molecule has 0 amide bonds. The Balaban J connectivity index is 1.67. The van der Waals surface area contributed by atoms with E-state index in [1.165, 1.54) is 0 Å². The molecule has 3 N–H and O–H groups in total. The standard InChI is InChI=1S/C15H23N3O3/c1-20-13-2-4-14(5-3-13)21-11-10-18-8-6-12(7-9-18)15(16)17-19/h2-5,12,19H,6-11H2,1H3,(H2,16,17). The van der Waals surface area contributed by atoms with Crippen molar-refractivity contribution in [1.29, 1.82) is 0 Å². The number of amidine groups is 1. The molecule has 0 saturated carbocycles. The van der Waals surface area contributed by atoms with Gasteiger partial charge in [0.05, 0.1) is 7.11 Å². The fourth-order valence-corrected chi connectivity index (χ4v) is 2.50. The van der Waals surface area contributed by atoms with Crippen molar-refractivity contribution in [2.24, 2.45) is 16.8 Å². The van der Waals surface area contributed by atoms with Gasteiger partial charge in [0.25, 0.3) is 0 Å². The number of benzene rings is 1. The molecule has 0 bridgehead atoms. The molecule has 0 aliphatic carbocycles. The van der Waals surface area contributed by atoms with Gasteiger partial charge in [-0.15, -0.1) is 0 Å². The van der Waals surface area contributed by atoms with Crippen molar-refractivity contribution < 1.29 is 14.7 Å². The van der Waals surface area contributed by atoms with Crippen LogP contribution in [0.15, 0.2) is 29.4 Å². The van der Waals surface area contributed by atoms with Crippen LogP contribution in [0.25, 0.3) is 0 Å². The van der Waals surface area contributed by atoms with E-state index < -0.39 is 0 Å². The fourth-order valence-electron chi connectivity index (χ4n) is 2.50. The second-order valence-corrected chi connectivity index (χ2v) is 5.16. The number of nitrogens with two attached hydrogens (primary N) is 1. The first-order valence-corrected chi connectivity index (χ1v) is 7.19. The molecular formula is C15H23N3O3. The van der Waals surface area contributed by atoms with Crippen LogP contribution in [0, 0.1) is 5.92 Å². The van der Waals surface area contributed by atoms with Crippen molar-refractivity contribution in [3.05, 3.63) is 24.3 Å². The van der Waals surface area contributed by atoms with E-state index in [2.05, 4.69) is 10.1 Å². The highest BCUT2D eigenvalue weighted by Gasteiger charge is 2.21. The quantitative estimate of drug-likeness (QED) is 0.360. The highest BCUT2D eigenvalue weighted by atomic mass is 16.5. The third kappa shape index (κ3) is 4.53. The summed E-state index contributed by atoms with van der Waals surface area (Å²) in [5.74, 6) is 2.23. The van der Waals surface area contributed by atoms with Crippen LogP contribution < -0.4 is 15.2 Å². The maximum absolute atomic E-state index is 8.68. The Labute approximate surface area is 125 Å². The molecule has 116 valence electrons. The Hall–Kier alpha value is -1.95. The van der Waals surface area contributed by atoms with Gasteiger partial charge in [-0.3, -0.25) is 4.90 Å². The number of piperidine rings is 1. The van der Waals surface area contributed by atoms with Crippen LogP contribution in [0.4, 0.5) is 0 Å². The van der Waals surface area contributed by atoms with Crippen LogP contribution in [0.5, 0.6) is 11.5 Å². The summed E-state index contributed by atoms with van der Waals surface area (Å²) in [5, 5.41) is 11.8. The summed E-state index contributed by atoms with van der Waals surface area (Å²) in [7, 11) is 1.65. The first kappa shape index (κ1) is 15.4. The maximum Gasteiger partial charge on any atom is 0.142 e. The van der Waals surface area contributed by atoms with E-state index in [0.29, 0.717) is 12.4 Å². The lowest BCUT2D eigenvalue weighted by Gasteiger charge is -2.31. The van der Waals surface area contributed by atoms with Crippen molar-refractivity contribution in [2.45, 2.75) is 12.8 Å². The Morgan fingerprint density at radius 3 is 2.48 bits per heavy atom. The van der Waals surface area contributed by atoms with Gasteiger partial charge < -0.3 is 20.4 Å². The third-order valence-electron chi connectivity index (χ3n) is 3.86. The predicted molar refractivity (Wildman–Crippen MR) is 81.1 cm³/mol. The molecular weight excluding hydrogens is 270 g/mol. The van der Waals surface area contributed by atoms with Gasteiger partial charge in [-0.05, 0) is 50.2 Å². The monoisotopic (exact) mass is 293 g/mol. The second kappa shape index (κ2) is 7.73. The molecule has 1 heterocycles. The summed E-state index contributed by atoms with van der Waals surface area (Å²) in [6.45, 7) is 3.44. The number of ether oxygens (including phenoxy) is 2. The second-order valence-electron chi connectivity index (χ2n) is 5.16. The largest absolute Gasteiger partial charge is 0.497 e. The zero-order valence-electron chi connectivity index (χ0n) is 12.4. The van der Waals surface area contributed by atoms with Crippen molar-refractivity contribution in [2.75, 3.05) is 33.4 Å². The Bertz CT molecular complexity index is 454. The molecule has 1 aliphatic heterocycles. The van der Waals surface area contributed by atoms with Crippen LogP contribution in [0.3, 0.4) is 0 Å². The predicted octanol–water partition coefficient (Wildman–Crippen LogP) is 1.53. The smallest absolute Gasteiger partial charge is 0.142 e. The van der Waals surface area contributed by atoms with Gasteiger partial charge in [0.2, 0.25) is 0 Å². The molecule has 0 aromatic heterocycles. The molecule has 0 radical (unpaired) electrons. The topological polar surface area (TPSA) is 80.3 Å². The average molecular weight is 293 g/mol. The van der Waals surface area contributed by atoms with Crippen LogP contribution in [-0.2, 0) is 0 Å². The zero-order chi connectivity index (χ0) is 15.1. The summed E-state index contributed by atoms with van der Waals surface area (Å²) in [6, 6.07) is 7.59.